The van der Waals surface area contributed by atoms with Crippen molar-refractivity contribution in [1.29, 1.82) is 0 Å². The molecule has 0 spiro atoms. The van der Waals surface area contributed by atoms with E-state index in [0.717, 1.165) is 6.42 Å². The lowest BCUT2D eigenvalue weighted by Crippen LogP contribution is -2.39. The van der Waals surface area contributed by atoms with Gasteiger partial charge >= 0.3 is 0 Å². The van der Waals surface area contributed by atoms with Crippen molar-refractivity contribution in [2.75, 3.05) is 6.54 Å². The van der Waals surface area contributed by atoms with E-state index < -0.39 is 5.91 Å². The van der Waals surface area contributed by atoms with Crippen LogP contribution in [0.2, 0.25) is 0 Å². The van der Waals surface area contributed by atoms with Crippen molar-refractivity contribution in [2.24, 2.45) is 11.1 Å². The average Bonchev–Trinajstić information content (AvgIpc) is 2.23. The van der Waals surface area contributed by atoms with Gasteiger partial charge in [0.05, 0.1) is 0 Å². The summed E-state index contributed by atoms with van der Waals surface area (Å²) in [6.07, 6.45) is 0.764. The summed E-state index contributed by atoms with van der Waals surface area (Å²) >= 11 is 0. The number of benzene rings is 1. The van der Waals surface area contributed by atoms with Crippen LogP contribution in [0.15, 0.2) is 18.2 Å². The molecule has 1 amide bonds. The molecule has 0 saturated heterocycles. The van der Waals surface area contributed by atoms with Gasteiger partial charge in [-0.25, -0.2) is 0 Å². The number of phenolic OH excluding ortho intramolecular Hbond substituents is 2. The molecule has 0 aromatic heterocycles. The summed E-state index contributed by atoms with van der Waals surface area (Å²) in [5.41, 5.74) is 5.89. The molecule has 5 N–H and O–H groups in total. The Labute approximate surface area is 113 Å². The fraction of sp³-hybridized carbons (Fsp3) is 0.500. The van der Waals surface area contributed by atoms with Crippen molar-refractivity contribution in [2.45, 2.75) is 33.2 Å². The molecule has 0 fully saturated rings. The Morgan fingerprint density at radius 2 is 1.84 bits per heavy atom. The van der Waals surface area contributed by atoms with Gasteiger partial charge in [-0.15, -0.1) is 0 Å². The summed E-state index contributed by atoms with van der Waals surface area (Å²) in [6, 6.07) is 4.00. The topological polar surface area (TPSA) is 95.6 Å². The summed E-state index contributed by atoms with van der Waals surface area (Å²) in [5, 5.41) is 21.7. The molecule has 0 bridgehead atoms. The molecule has 1 aromatic carbocycles. The lowest BCUT2D eigenvalue weighted by molar-refractivity contribution is 0.0943. The number of rotatable bonds is 4. The zero-order valence-corrected chi connectivity index (χ0v) is 11.6. The van der Waals surface area contributed by atoms with Crippen molar-refractivity contribution < 1.29 is 15.0 Å². The van der Waals surface area contributed by atoms with Crippen molar-refractivity contribution in [1.82, 2.24) is 5.32 Å². The Bertz CT molecular complexity index is 432. The molecule has 1 unspecified atom stereocenters. The molecule has 19 heavy (non-hydrogen) atoms. The summed E-state index contributed by atoms with van der Waals surface area (Å²) < 4.78 is 0. The maximum absolute atomic E-state index is 11.9. The third-order valence-electron chi connectivity index (χ3n) is 2.65. The highest BCUT2D eigenvalue weighted by Gasteiger charge is 2.19. The molecular weight excluding hydrogens is 244 g/mol. The Morgan fingerprint density at radius 3 is 2.32 bits per heavy atom. The highest BCUT2D eigenvalue weighted by atomic mass is 16.3. The lowest BCUT2D eigenvalue weighted by atomic mass is 9.88. The molecule has 0 heterocycles. The number of aromatic hydroxyl groups is 2. The minimum Gasteiger partial charge on any atom is -0.507 e. The summed E-state index contributed by atoms with van der Waals surface area (Å²) in [7, 11) is 0. The van der Waals surface area contributed by atoms with Crippen LogP contribution < -0.4 is 11.1 Å². The largest absolute Gasteiger partial charge is 0.507 e. The second kappa shape index (κ2) is 5.93. The van der Waals surface area contributed by atoms with Gasteiger partial charge in [0.2, 0.25) is 0 Å². The van der Waals surface area contributed by atoms with Gasteiger partial charge in [-0.05, 0) is 24.0 Å². The average molecular weight is 266 g/mol. The van der Waals surface area contributed by atoms with Crippen LogP contribution in [-0.4, -0.2) is 28.7 Å². The number of hydrogen-bond donors (Lipinski definition) is 4. The summed E-state index contributed by atoms with van der Waals surface area (Å²) in [6.45, 7) is 6.51. The molecule has 0 aliphatic rings. The van der Waals surface area contributed by atoms with Crippen LogP contribution >= 0.6 is 0 Å². The van der Waals surface area contributed by atoms with E-state index >= 15 is 0 Å². The first-order valence-corrected chi connectivity index (χ1v) is 6.25. The SMILES string of the molecule is CC(C)(C)CC(N)CNC(=O)c1c(O)cccc1O. The lowest BCUT2D eigenvalue weighted by Gasteiger charge is -2.23. The molecule has 0 saturated carbocycles. The molecule has 1 rings (SSSR count). The standard InChI is InChI=1S/C14H22N2O3/c1-14(2,3)7-9(15)8-16-13(19)12-10(17)5-4-6-11(12)18/h4-6,9,17-18H,7-8,15H2,1-3H3,(H,16,19). The minimum atomic E-state index is -0.528. The molecular formula is C14H22N2O3. The van der Waals surface area contributed by atoms with Crippen LogP contribution in [0.4, 0.5) is 0 Å². The van der Waals surface area contributed by atoms with E-state index in [-0.39, 0.29) is 28.5 Å². The quantitative estimate of drug-likeness (QED) is 0.665. The second-order valence-corrected chi connectivity index (χ2v) is 5.91. The van der Waals surface area contributed by atoms with Gasteiger partial charge < -0.3 is 21.3 Å². The van der Waals surface area contributed by atoms with Gasteiger partial charge in [0.1, 0.15) is 17.1 Å². The third kappa shape index (κ3) is 4.79. The van der Waals surface area contributed by atoms with E-state index in [2.05, 4.69) is 26.1 Å². The number of carbonyl (C=O) groups excluding carboxylic acids is 1. The van der Waals surface area contributed by atoms with Crippen LogP contribution in [-0.2, 0) is 0 Å². The summed E-state index contributed by atoms with van der Waals surface area (Å²) in [4.78, 5) is 11.9. The monoisotopic (exact) mass is 266 g/mol. The second-order valence-electron chi connectivity index (χ2n) is 5.91. The summed E-state index contributed by atoms with van der Waals surface area (Å²) in [5.74, 6) is -1.02. The van der Waals surface area contributed by atoms with Gasteiger partial charge in [0, 0.05) is 12.6 Å². The highest BCUT2D eigenvalue weighted by molar-refractivity contribution is 5.99. The fourth-order valence-electron chi connectivity index (χ4n) is 1.93. The zero-order chi connectivity index (χ0) is 14.6. The van der Waals surface area contributed by atoms with Crippen molar-refractivity contribution >= 4 is 5.91 Å². The maximum atomic E-state index is 11.9. The molecule has 0 aliphatic carbocycles. The van der Waals surface area contributed by atoms with Crippen molar-refractivity contribution in [3.63, 3.8) is 0 Å². The number of carbonyl (C=O) groups is 1. The number of nitrogens with one attached hydrogen (secondary N) is 1. The molecule has 5 nitrogen and oxygen atoms in total. The predicted octanol–water partition coefficient (Wildman–Crippen LogP) is 1.59. The maximum Gasteiger partial charge on any atom is 0.258 e. The number of hydrogen-bond acceptors (Lipinski definition) is 4. The van der Waals surface area contributed by atoms with Crippen LogP contribution in [0.5, 0.6) is 11.5 Å². The van der Waals surface area contributed by atoms with Gasteiger partial charge in [0.15, 0.2) is 0 Å². The Kier molecular flexibility index (Phi) is 4.78. The number of phenols is 2. The van der Waals surface area contributed by atoms with Gasteiger partial charge in [0.25, 0.3) is 5.91 Å². The molecule has 5 heteroatoms. The van der Waals surface area contributed by atoms with E-state index in [4.69, 9.17) is 5.73 Å². The van der Waals surface area contributed by atoms with Gasteiger partial charge in [-0.1, -0.05) is 26.8 Å². The normalized spacial score (nSPS) is 13.1. The molecule has 1 atom stereocenters. The highest BCUT2D eigenvalue weighted by Crippen LogP contribution is 2.26. The Hall–Kier alpha value is -1.75. The smallest absolute Gasteiger partial charge is 0.258 e. The first kappa shape index (κ1) is 15.3. The third-order valence-corrected chi connectivity index (χ3v) is 2.65. The minimum absolute atomic E-state index is 0.0845. The first-order chi connectivity index (χ1) is 8.70. The van der Waals surface area contributed by atoms with Crippen LogP contribution in [0, 0.1) is 5.41 Å². The van der Waals surface area contributed by atoms with E-state index in [0.29, 0.717) is 6.54 Å². The van der Waals surface area contributed by atoms with E-state index in [1.165, 1.54) is 18.2 Å². The van der Waals surface area contributed by atoms with E-state index in [1.54, 1.807) is 0 Å². The van der Waals surface area contributed by atoms with Crippen molar-refractivity contribution in [3.05, 3.63) is 23.8 Å². The van der Waals surface area contributed by atoms with E-state index in [9.17, 15) is 15.0 Å². The Morgan fingerprint density at radius 1 is 1.32 bits per heavy atom. The molecule has 106 valence electrons. The first-order valence-electron chi connectivity index (χ1n) is 6.25. The molecule has 0 radical (unpaired) electrons. The van der Waals surface area contributed by atoms with Crippen molar-refractivity contribution in [3.8, 4) is 11.5 Å². The van der Waals surface area contributed by atoms with Crippen LogP contribution in [0.3, 0.4) is 0 Å². The zero-order valence-electron chi connectivity index (χ0n) is 11.6. The van der Waals surface area contributed by atoms with Crippen LogP contribution in [0.25, 0.3) is 0 Å². The fourth-order valence-corrected chi connectivity index (χ4v) is 1.93. The van der Waals surface area contributed by atoms with Gasteiger partial charge in [-0.2, -0.15) is 0 Å². The number of nitrogens with two attached hydrogens (primary N) is 1. The predicted molar refractivity (Wildman–Crippen MR) is 74.2 cm³/mol. The van der Waals surface area contributed by atoms with Gasteiger partial charge in [-0.3, -0.25) is 4.79 Å². The van der Waals surface area contributed by atoms with Crippen LogP contribution in [0.1, 0.15) is 37.6 Å². The molecule has 1 aromatic rings. The Balaban J connectivity index is 2.61. The van der Waals surface area contributed by atoms with E-state index in [1.807, 2.05) is 0 Å². The number of amides is 1. The molecule has 0 aliphatic heterocycles.